The Morgan fingerprint density at radius 1 is 1.53 bits per heavy atom. The van der Waals surface area contributed by atoms with Crippen molar-refractivity contribution in [3.05, 3.63) is 47.1 Å². The van der Waals surface area contributed by atoms with E-state index in [0.717, 1.165) is 27.0 Å². The molecular weight excluding hydrogens is 235 g/mol. The van der Waals surface area contributed by atoms with Gasteiger partial charge in [-0.1, -0.05) is 5.57 Å². The van der Waals surface area contributed by atoms with E-state index in [1.807, 2.05) is 13.0 Å². The summed E-state index contributed by atoms with van der Waals surface area (Å²) in [5, 5.41) is 0.923. The third-order valence-corrected chi connectivity index (χ3v) is 3.82. The zero-order valence-electron chi connectivity index (χ0n) is 9.66. The number of hydrogen-bond donors (Lipinski definition) is 2. The summed E-state index contributed by atoms with van der Waals surface area (Å²) in [6, 6.07) is 6.85. The molecule has 1 heterocycles. The second-order valence-electron chi connectivity index (χ2n) is 4.21. The molecule has 1 atom stereocenters. The summed E-state index contributed by atoms with van der Waals surface area (Å²) in [6.45, 7) is 5.86. The Balaban J connectivity index is 2.37. The van der Waals surface area contributed by atoms with Crippen molar-refractivity contribution in [2.45, 2.75) is 19.4 Å². The summed E-state index contributed by atoms with van der Waals surface area (Å²) in [5.41, 5.74) is 3.85. The smallest absolute Gasteiger partial charge is 0.123 e. The lowest BCUT2D eigenvalue weighted by Crippen LogP contribution is -2.27. The summed E-state index contributed by atoms with van der Waals surface area (Å²) in [7, 11) is 0. The molecule has 17 heavy (non-hydrogen) atoms. The van der Waals surface area contributed by atoms with Crippen molar-refractivity contribution < 1.29 is 4.39 Å². The van der Waals surface area contributed by atoms with Crippen molar-refractivity contribution >= 4 is 21.4 Å². The summed E-state index contributed by atoms with van der Waals surface area (Å²) < 4.78 is 14.2. The fourth-order valence-corrected chi connectivity index (χ4v) is 2.90. The van der Waals surface area contributed by atoms with Gasteiger partial charge in [0.25, 0.3) is 0 Å². The first kappa shape index (κ1) is 12.2. The predicted octanol–water partition coefficient (Wildman–Crippen LogP) is 3.51. The van der Waals surface area contributed by atoms with Crippen LogP contribution < -0.4 is 11.3 Å². The second kappa shape index (κ2) is 4.96. The highest BCUT2D eigenvalue weighted by Gasteiger charge is 2.13. The van der Waals surface area contributed by atoms with Crippen LogP contribution >= 0.6 is 11.3 Å². The quantitative estimate of drug-likeness (QED) is 0.495. The molecule has 2 rings (SSSR count). The fraction of sp³-hybridized carbons (Fsp3) is 0.231. The number of nitrogens with one attached hydrogen (secondary N) is 1. The molecule has 0 saturated carbocycles. The SMILES string of the molecule is C=C(C)CC(NN)c1cc2cc(F)ccc2s1. The zero-order valence-corrected chi connectivity index (χ0v) is 10.5. The van der Waals surface area contributed by atoms with E-state index in [0.29, 0.717) is 0 Å². The normalized spacial score (nSPS) is 12.9. The molecule has 4 heteroatoms. The zero-order chi connectivity index (χ0) is 12.4. The van der Waals surface area contributed by atoms with Crippen molar-refractivity contribution in [3.8, 4) is 0 Å². The monoisotopic (exact) mass is 250 g/mol. The maximum Gasteiger partial charge on any atom is 0.123 e. The molecule has 1 aromatic carbocycles. The first-order chi connectivity index (χ1) is 8.10. The highest BCUT2D eigenvalue weighted by Crippen LogP contribution is 2.32. The number of benzene rings is 1. The van der Waals surface area contributed by atoms with Gasteiger partial charge in [-0.15, -0.1) is 17.9 Å². The van der Waals surface area contributed by atoms with E-state index in [4.69, 9.17) is 5.84 Å². The Kier molecular flexibility index (Phi) is 3.57. The summed E-state index contributed by atoms with van der Waals surface area (Å²) in [4.78, 5) is 1.11. The molecule has 0 aliphatic heterocycles. The van der Waals surface area contributed by atoms with E-state index in [1.165, 1.54) is 6.07 Å². The Labute approximate surface area is 104 Å². The van der Waals surface area contributed by atoms with Gasteiger partial charge in [-0.2, -0.15) is 0 Å². The van der Waals surface area contributed by atoms with Gasteiger partial charge in [-0.25, -0.2) is 4.39 Å². The van der Waals surface area contributed by atoms with E-state index in [1.54, 1.807) is 23.5 Å². The van der Waals surface area contributed by atoms with Crippen molar-refractivity contribution in [3.63, 3.8) is 0 Å². The van der Waals surface area contributed by atoms with Crippen molar-refractivity contribution in [2.75, 3.05) is 0 Å². The van der Waals surface area contributed by atoms with Crippen LogP contribution in [0.3, 0.4) is 0 Å². The van der Waals surface area contributed by atoms with E-state index in [2.05, 4.69) is 12.0 Å². The third-order valence-electron chi connectivity index (χ3n) is 2.59. The highest BCUT2D eigenvalue weighted by molar-refractivity contribution is 7.19. The van der Waals surface area contributed by atoms with E-state index in [-0.39, 0.29) is 11.9 Å². The van der Waals surface area contributed by atoms with E-state index < -0.39 is 0 Å². The van der Waals surface area contributed by atoms with Gasteiger partial charge in [-0.05, 0) is 43.0 Å². The van der Waals surface area contributed by atoms with Crippen LogP contribution in [0.5, 0.6) is 0 Å². The molecule has 3 N–H and O–H groups in total. The lowest BCUT2D eigenvalue weighted by Gasteiger charge is -2.13. The number of hydrogen-bond acceptors (Lipinski definition) is 3. The first-order valence-electron chi connectivity index (χ1n) is 5.39. The molecular formula is C13H15FN2S. The molecule has 1 unspecified atom stereocenters. The number of fused-ring (bicyclic) bond motifs is 1. The van der Waals surface area contributed by atoms with Crippen LogP contribution in [0.2, 0.25) is 0 Å². The molecule has 2 aromatic rings. The topological polar surface area (TPSA) is 38.0 Å². The minimum atomic E-state index is -0.209. The molecule has 0 spiro atoms. The second-order valence-corrected chi connectivity index (χ2v) is 5.33. The minimum Gasteiger partial charge on any atom is -0.271 e. The number of thiophene rings is 1. The van der Waals surface area contributed by atoms with Crippen LogP contribution in [0, 0.1) is 5.82 Å². The van der Waals surface area contributed by atoms with Crippen LogP contribution in [-0.2, 0) is 0 Å². The maximum atomic E-state index is 13.1. The van der Waals surface area contributed by atoms with Crippen molar-refractivity contribution in [2.24, 2.45) is 5.84 Å². The Bertz CT molecular complexity index is 547. The highest BCUT2D eigenvalue weighted by atomic mass is 32.1. The van der Waals surface area contributed by atoms with Crippen molar-refractivity contribution in [1.29, 1.82) is 0 Å². The van der Waals surface area contributed by atoms with E-state index in [9.17, 15) is 4.39 Å². The van der Waals surface area contributed by atoms with Gasteiger partial charge in [0.2, 0.25) is 0 Å². The Morgan fingerprint density at radius 2 is 2.29 bits per heavy atom. The standard InChI is InChI=1S/C13H15FN2S/c1-8(2)5-11(16-15)13-7-9-6-10(14)3-4-12(9)17-13/h3-4,6-7,11,16H,1,5,15H2,2H3. The van der Waals surface area contributed by atoms with Gasteiger partial charge in [0.05, 0.1) is 6.04 Å². The molecule has 0 radical (unpaired) electrons. The molecule has 0 bridgehead atoms. The van der Waals surface area contributed by atoms with Crippen LogP contribution in [0.25, 0.3) is 10.1 Å². The number of hydrazine groups is 1. The average molecular weight is 250 g/mol. The average Bonchev–Trinajstić information content (AvgIpc) is 2.68. The molecule has 90 valence electrons. The summed E-state index contributed by atoms with van der Waals surface area (Å²) in [5.74, 6) is 5.34. The summed E-state index contributed by atoms with van der Waals surface area (Å²) in [6.07, 6.45) is 0.784. The van der Waals surface area contributed by atoms with Gasteiger partial charge in [0, 0.05) is 9.58 Å². The Hall–Kier alpha value is -1.23. The third kappa shape index (κ3) is 2.72. The van der Waals surface area contributed by atoms with Gasteiger partial charge in [0.1, 0.15) is 5.82 Å². The van der Waals surface area contributed by atoms with Crippen LogP contribution in [0.4, 0.5) is 4.39 Å². The summed E-state index contributed by atoms with van der Waals surface area (Å²) >= 11 is 1.63. The Morgan fingerprint density at radius 3 is 2.94 bits per heavy atom. The van der Waals surface area contributed by atoms with Gasteiger partial charge in [0.15, 0.2) is 0 Å². The van der Waals surface area contributed by atoms with Crippen LogP contribution in [0.1, 0.15) is 24.3 Å². The van der Waals surface area contributed by atoms with Crippen LogP contribution in [0.15, 0.2) is 36.4 Å². The fourth-order valence-electron chi connectivity index (χ4n) is 1.80. The number of rotatable bonds is 4. The molecule has 1 aromatic heterocycles. The minimum absolute atomic E-state index is 0.0490. The van der Waals surface area contributed by atoms with Gasteiger partial charge in [-0.3, -0.25) is 11.3 Å². The van der Waals surface area contributed by atoms with Crippen LogP contribution in [-0.4, -0.2) is 0 Å². The van der Waals surface area contributed by atoms with Gasteiger partial charge >= 0.3 is 0 Å². The number of nitrogens with two attached hydrogens (primary N) is 1. The molecule has 0 fully saturated rings. The first-order valence-corrected chi connectivity index (χ1v) is 6.21. The number of halogens is 1. The molecule has 0 saturated heterocycles. The molecule has 0 aliphatic rings. The molecule has 2 nitrogen and oxygen atoms in total. The van der Waals surface area contributed by atoms with E-state index >= 15 is 0 Å². The molecule has 0 aliphatic carbocycles. The largest absolute Gasteiger partial charge is 0.271 e. The maximum absolute atomic E-state index is 13.1. The lowest BCUT2D eigenvalue weighted by atomic mass is 10.1. The predicted molar refractivity (Wildman–Crippen MR) is 71.3 cm³/mol. The lowest BCUT2D eigenvalue weighted by molar-refractivity contribution is 0.559. The van der Waals surface area contributed by atoms with Crippen molar-refractivity contribution in [1.82, 2.24) is 5.43 Å². The van der Waals surface area contributed by atoms with Gasteiger partial charge < -0.3 is 0 Å². The molecule has 0 amide bonds.